The smallest absolute Gasteiger partial charge is 0.410 e. The molecule has 0 radical (unpaired) electrons. The molecule has 0 saturated carbocycles. The van der Waals surface area contributed by atoms with Crippen molar-refractivity contribution in [3.63, 3.8) is 0 Å². The lowest BCUT2D eigenvalue weighted by Gasteiger charge is -2.20. The number of benzene rings is 1. The Hall–Kier alpha value is -2.68. The van der Waals surface area contributed by atoms with Crippen molar-refractivity contribution < 1.29 is 19.6 Å². The zero-order valence-corrected chi connectivity index (χ0v) is 12.6. The van der Waals surface area contributed by atoms with Gasteiger partial charge in [0.05, 0.1) is 23.6 Å². The van der Waals surface area contributed by atoms with Crippen LogP contribution in [-0.2, 0) is 11.3 Å². The third-order valence-corrected chi connectivity index (χ3v) is 3.44. The van der Waals surface area contributed by atoms with Gasteiger partial charge in [-0.05, 0) is 17.7 Å². The SMILES string of the molecule is CN/N=C/[C@@H]1C[C@@H](O)CN1C(=O)OCc1ccc([N+](=O)[O-])cc1. The molecule has 2 atom stereocenters. The van der Waals surface area contributed by atoms with Gasteiger partial charge >= 0.3 is 6.09 Å². The van der Waals surface area contributed by atoms with Crippen LogP contribution in [0.15, 0.2) is 29.4 Å². The summed E-state index contributed by atoms with van der Waals surface area (Å²) in [4.78, 5) is 23.6. The first-order chi connectivity index (χ1) is 11.0. The molecule has 1 aliphatic rings. The highest BCUT2D eigenvalue weighted by Gasteiger charge is 2.34. The average molecular weight is 322 g/mol. The summed E-state index contributed by atoms with van der Waals surface area (Å²) in [7, 11) is 1.64. The summed E-state index contributed by atoms with van der Waals surface area (Å²) >= 11 is 0. The van der Waals surface area contributed by atoms with Crippen LogP contribution in [0.3, 0.4) is 0 Å². The second-order valence-electron chi connectivity index (χ2n) is 5.09. The van der Waals surface area contributed by atoms with Crippen molar-refractivity contribution in [3.8, 4) is 0 Å². The van der Waals surface area contributed by atoms with E-state index in [9.17, 15) is 20.0 Å². The number of nitrogens with one attached hydrogen (secondary N) is 1. The number of rotatable bonds is 5. The minimum absolute atomic E-state index is 0.000681. The molecule has 2 N–H and O–H groups in total. The zero-order chi connectivity index (χ0) is 16.8. The van der Waals surface area contributed by atoms with Crippen LogP contribution in [0, 0.1) is 10.1 Å². The maximum Gasteiger partial charge on any atom is 0.410 e. The first-order valence-corrected chi connectivity index (χ1v) is 7.06. The number of amides is 1. The summed E-state index contributed by atoms with van der Waals surface area (Å²) in [6, 6.07) is 5.44. The van der Waals surface area contributed by atoms with E-state index in [0.717, 1.165) is 0 Å². The van der Waals surface area contributed by atoms with Crippen LogP contribution in [0.25, 0.3) is 0 Å². The van der Waals surface area contributed by atoms with Crippen LogP contribution in [0.1, 0.15) is 12.0 Å². The second kappa shape index (κ2) is 7.54. The van der Waals surface area contributed by atoms with Gasteiger partial charge in [0.15, 0.2) is 0 Å². The van der Waals surface area contributed by atoms with Gasteiger partial charge < -0.3 is 15.3 Å². The molecule has 1 amide bonds. The number of non-ortho nitro benzene ring substituents is 1. The van der Waals surface area contributed by atoms with E-state index in [1.54, 1.807) is 13.3 Å². The quantitative estimate of drug-likeness (QED) is 0.472. The molecule has 2 rings (SSSR count). The van der Waals surface area contributed by atoms with Gasteiger partial charge in [-0.25, -0.2) is 4.79 Å². The molecule has 1 aromatic rings. The van der Waals surface area contributed by atoms with Crippen LogP contribution in [0.5, 0.6) is 0 Å². The monoisotopic (exact) mass is 322 g/mol. The van der Waals surface area contributed by atoms with Gasteiger partial charge in [-0.3, -0.25) is 15.0 Å². The fourth-order valence-corrected chi connectivity index (χ4v) is 2.30. The summed E-state index contributed by atoms with van der Waals surface area (Å²) in [5.74, 6) is 0. The first-order valence-electron chi connectivity index (χ1n) is 7.06. The van der Waals surface area contributed by atoms with Gasteiger partial charge in [-0.2, -0.15) is 5.10 Å². The minimum Gasteiger partial charge on any atom is -0.445 e. The van der Waals surface area contributed by atoms with Gasteiger partial charge in [-0.1, -0.05) is 0 Å². The highest BCUT2D eigenvalue weighted by molar-refractivity contribution is 5.76. The van der Waals surface area contributed by atoms with Crippen molar-refractivity contribution in [3.05, 3.63) is 39.9 Å². The van der Waals surface area contributed by atoms with Crippen LogP contribution >= 0.6 is 0 Å². The standard InChI is InChI=1S/C14H18N4O5/c1-15-16-7-12-6-13(19)8-17(12)14(20)23-9-10-2-4-11(5-3-10)18(21)22/h2-5,7,12-13,15,19H,6,8-9H2,1H3/b16-7+/t12-,13+/m0/s1. The van der Waals surface area contributed by atoms with Crippen molar-refractivity contribution >= 4 is 18.0 Å². The third-order valence-electron chi connectivity index (χ3n) is 3.44. The topological polar surface area (TPSA) is 117 Å². The highest BCUT2D eigenvalue weighted by atomic mass is 16.6. The lowest BCUT2D eigenvalue weighted by Crippen LogP contribution is -2.37. The maximum absolute atomic E-state index is 12.1. The van der Waals surface area contributed by atoms with E-state index in [-0.39, 0.29) is 24.9 Å². The summed E-state index contributed by atoms with van der Waals surface area (Å²) in [6.07, 6.45) is 0.768. The van der Waals surface area contributed by atoms with E-state index in [4.69, 9.17) is 4.74 Å². The number of nitro benzene ring substituents is 1. The molecule has 1 aliphatic heterocycles. The Kier molecular flexibility index (Phi) is 5.47. The molecular formula is C14H18N4O5. The number of carbonyl (C=O) groups is 1. The predicted molar refractivity (Wildman–Crippen MR) is 82.0 cm³/mol. The van der Waals surface area contributed by atoms with Crippen molar-refractivity contribution in [1.29, 1.82) is 0 Å². The number of likely N-dealkylation sites (tertiary alicyclic amines) is 1. The van der Waals surface area contributed by atoms with Crippen LogP contribution in [-0.4, -0.2) is 53.0 Å². The Bertz CT molecular complexity index is 589. The highest BCUT2D eigenvalue weighted by Crippen LogP contribution is 2.19. The number of carbonyl (C=O) groups excluding carboxylic acids is 1. The van der Waals surface area contributed by atoms with Gasteiger partial charge in [0, 0.05) is 31.8 Å². The van der Waals surface area contributed by atoms with E-state index in [1.807, 2.05) is 0 Å². The van der Waals surface area contributed by atoms with Gasteiger partial charge in [-0.15, -0.1) is 0 Å². The summed E-state index contributed by atoms with van der Waals surface area (Å²) in [6.45, 7) is 0.179. The van der Waals surface area contributed by atoms with Crippen LogP contribution < -0.4 is 5.43 Å². The Labute approximate surface area is 132 Å². The van der Waals surface area contributed by atoms with Crippen molar-refractivity contribution in [1.82, 2.24) is 10.3 Å². The maximum atomic E-state index is 12.1. The number of nitrogens with zero attached hydrogens (tertiary/aromatic N) is 3. The molecule has 0 aromatic heterocycles. The molecule has 0 unspecified atom stereocenters. The summed E-state index contributed by atoms with van der Waals surface area (Å²) in [5.41, 5.74) is 3.22. The number of ether oxygens (including phenoxy) is 1. The van der Waals surface area contributed by atoms with Crippen LogP contribution in [0.2, 0.25) is 0 Å². The van der Waals surface area contributed by atoms with Crippen LogP contribution in [0.4, 0.5) is 10.5 Å². The van der Waals surface area contributed by atoms with Gasteiger partial charge in [0.1, 0.15) is 6.61 Å². The van der Waals surface area contributed by atoms with E-state index < -0.39 is 17.1 Å². The molecule has 1 fully saturated rings. The second-order valence-corrected chi connectivity index (χ2v) is 5.09. The molecular weight excluding hydrogens is 304 g/mol. The number of β-amino-alcohol motifs (C(OH)–C–C–N with tert-alkyl or cyclic N) is 1. The number of hydrogen-bond donors (Lipinski definition) is 2. The first kappa shape index (κ1) is 16.7. The van der Waals surface area contributed by atoms with Gasteiger partial charge in [0.2, 0.25) is 0 Å². The molecule has 1 aromatic carbocycles. The van der Waals surface area contributed by atoms with Crippen molar-refractivity contribution in [2.45, 2.75) is 25.2 Å². The number of nitro groups is 1. The third kappa shape index (κ3) is 4.39. The summed E-state index contributed by atoms with van der Waals surface area (Å²) in [5, 5.41) is 24.1. The molecule has 9 heteroatoms. The van der Waals surface area contributed by atoms with Crippen molar-refractivity contribution in [2.75, 3.05) is 13.6 Å². The predicted octanol–water partition coefficient (Wildman–Crippen LogP) is 0.872. The molecule has 9 nitrogen and oxygen atoms in total. The fourth-order valence-electron chi connectivity index (χ4n) is 2.30. The Balaban J connectivity index is 1.93. The molecule has 1 heterocycles. The van der Waals surface area contributed by atoms with E-state index in [1.165, 1.54) is 29.2 Å². The lowest BCUT2D eigenvalue weighted by atomic mass is 10.2. The number of aliphatic hydroxyl groups is 1. The Morgan fingerprint density at radius 1 is 1.57 bits per heavy atom. The van der Waals surface area contributed by atoms with Crippen molar-refractivity contribution in [2.24, 2.45) is 5.10 Å². The molecule has 0 aliphatic carbocycles. The summed E-state index contributed by atoms with van der Waals surface area (Å²) < 4.78 is 5.19. The van der Waals surface area contributed by atoms with E-state index in [2.05, 4.69) is 10.5 Å². The Morgan fingerprint density at radius 3 is 2.87 bits per heavy atom. The number of aliphatic hydroxyl groups excluding tert-OH is 1. The number of hydrogen-bond acceptors (Lipinski definition) is 7. The average Bonchev–Trinajstić information content (AvgIpc) is 2.92. The normalized spacial score (nSPS) is 20.7. The van der Waals surface area contributed by atoms with Gasteiger partial charge in [0.25, 0.3) is 5.69 Å². The molecule has 0 bridgehead atoms. The van der Waals surface area contributed by atoms with E-state index in [0.29, 0.717) is 12.0 Å². The molecule has 124 valence electrons. The lowest BCUT2D eigenvalue weighted by molar-refractivity contribution is -0.384. The fraction of sp³-hybridized carbons (Fsp3) is 0.429. The molecule has 0 spiro atoms. The zero-order valence-electron chi connectivity index (χ0n) is 12.6. The number of hydrazone groups is 1. The molecule has 23 heavy (non-hydrogen) atoms. The molecule has 1 saturated heterocycles. The largest absolute Gasteiger partial charge is 0.445 e. The van der Waals surface area contributed by atoms with E-state index >= 15 is 0 Å². The Morgan fingerprint density at radius 2 is 2.26 bits per heavy atom. The minimum atomic E-state index is -0.616.